The van der Waals surface area contributed by atoms with Gasteiger partial charge in [0.05, 0.1) is 16.8 Å². The highest BCUT2D eigenvalue weighted by atomic mass is 79.9. The molecule has 0 spiro atoms. The van der Waals surface area contributed by atoms with Crippen LogP contribution < -0.4 is 5.32 Å². The summed E-state index contributed by atoms with van der Waals surface area (Å²) in [7, 11) is 0. The molecule has 0 bridgehead atoms. The minimum absolute atomic E-state index is 0.000839. The Balaban J connectivity index is 1.97. The van der Waals surface area contributed by atoms with Crippen molar-refractivity contribution in [3.05, 3.63) is 70.6 Å². The molecule has 104 valence electrons. The number of hydrogen-bond donors (Lipinski definition) is 1. The molecule has 3 nitrogen and oxygen atoms in total. The van der Waals surface area contributed by atoms with E-state index in [1.54, 1.807) is 30.5 Å². The maximum absolute atomic E-state index is 13.8. The highest BCUT2D eigenvalue weighted by molar-refractivity contribution is 9.10. The number of pyridine rings is 1. The summed E-state index contributed by atoms with van der Waals surface area (Å²) < 4.78 is 14.4. The molecule has 0 unspecified atom stereocenters. The Bertz CT molecular complexity index is 830. The van der Waals surface area contributed by atoms with Crippen molar-refractivity contribution in [3.63, 3.8) is 0 Å². The van der Waals surface area contributed by atoms with E-state index in [0.717, 1.165) is 10.9 Å². The number of nitrogens with zero attached hydrogens (tertiary/aromatic N) is 1. The van der Waals surface area contributed by atoms with Gasteiger partial charge in [-0.15, -0.1) is 0 Å². The SMILES string of the molecule is O=C(Nc1cccc2ncccc12)c1ccc(Br)cc1F. The number of carbonyl (C=O) groups excluding carboxylic acids is 1. The number of halogens is 2. The van der Waals surface area contributed by atoms with Crippen LogP contribution in [0.5, 0.6) is 0 Å². The second kappa shape index (κ2) is 5.61. The lowest BCUT2D eigenvalue weighted by Crippen LogP contribution is -2.14. The molecular weight excluding hydrogens is 335 g/mol. The molecule has 0 atom stereocenters. The Morgan fingerprint density at radius 2 is 2.00 bits per heavy atom. The van der Waals surface area contributed by atoms with Crippen molar-refractivity contribution >= 4 is 38.4 Å². The molecule has 0 aliphatic rings. The Morgan fingerprint density at radius 1 is 1.14 bits per heavy atom. The van der Waals surface area contributed by atoms with Crippen LogP contribution in [0.25, 0.3) is 10.9 Å². The third kappa shape index (κ3) is 2.78. The van der Waals surface area contributed by atoms with Crippen LogP contribution in [0.2, 0.25) is 0 Å². The Kier molecular flexibility index (Phi) is 3.66. The smallest absolute Gasteiger partial charge is 0.258 e. The summed E-state index contributed by atoms with van der Waals surface area (Å²) in [5, 5.41) is 3.54. The van der Waals surface area contributed by atoms with Crippen LogP contribution >= 0.6 is 15.9 Å². The van der Waals surface area contributed by atoms with Gasteiger partial charge in [0.15, 0.2) is 0 Å². The van der Waals surface area contributed by atoms with Gasteiger partial charge in [-0.1, -0.05) is 22.0 Å². The van der Waals surface area contributed by atoms with Gasteiger partial charge < -0.3 is 5.32 Å². The molecule has 0 radical (unpaired) electrons. The quantitative estimate of drug-likeness (QED) is 0.749. The van der Waals surface area contributed by atoms with Gasteiger partial charge >= 0.3 is 0 Å². The molecule has 0 saturated heterocycles. The number of fused-ring (bicyclic) bond motifs is 1. The van der Waals surface area contributed by atoms with Crippen molar-refractivity contribution in [1.29, 1.82) is 0 Å². The van der Waals surface area contributed by atoms with Crippen LogP contribution in [0, 0.1) is 5.82 Å². The van der Waals surface area contributed by atoms with E-state index in [4.69, 9.17) is 0 Å². The van der Waals surface area contributed by atoms with Crippen molar-refractivity contribution in [2.24, 2.45) is 0 Å². The average Bonchev–Trinajstić information content (AvgIpc) is 2.47. The van der Waals surface area contributed by atoms with Crippen molar-refractivity contribution in [2.45, 2.75) is 0 Å². The molecular formula is C16H10BrFN2O. The van der Waals surface area contributed by atoms with E-state index in [1.165, 1.54) is 12.1 Å². The molecule has 0 fully saturated rings. The average molecular weight is 345 g/mol. The Morgan fingerprint density at radius 3 is 2.81 bits per heavy atom. The topological polar surface area (TPSA) is 42.0 Å². The first kappa shape index (κ1) is 13.7. The second-order valence-electron chi connectivity index (χ2n) is 4.45. The highest BCUT2D eigenvalue weighted by Gasteiger charge is 2.13. The van der Waals surface area contributed by atoms with Crippen LogP contribution in [0.1, 0.15) is 10.4 Å². The maximum atomic E-state index is 13.8. The maximum Gasteiger partial charge on any atom is 0.258 e. The van der Waals surface area contributed by atoms with Gasteiger partial charge in [-0.2, -0.15) is 0 Å². The van der Waals surface area contributed by atoms with Gasteiger partial charge in [0.1, 0.15) is 5.82 Å². The molecule has 3 rings (SSSR count). The minimum atomic E-state index is -0.569. The number of aromatic nitrogens is 1. The predicted octanol–water partition coefficient (Wildman–Crippen LogP) is 4.39. The van der Waals surface area contributed by atoms with Crippen LogP contribution in [-0.2, 0) is 0 Å². The van der Waals surface area contributed by atoms with E-state index in [-0.39, 0.29) is 5.56 Å². The molecule has 1 amide bonds. The van der Waals surface area contributed by atoms with E-state index in [1.807, 2.05) is 12.1 Å². The molecule has 3 aromatic rings. The number of rotatable bonds is 2. The van der Waals surface area contributed by atoms with Crippen molar-refractivity contribution < 1.29 is 9.18 Å². The van der Waals surface area contributed by atoms with Crippen LogP contribution in [0.3, 0.4) is 0 Å². The Labute approximate surface area is 128 Å². The summed E-state index contributed by atoms with van der Waals surface area (Å²) in [6, 6.07) is 13.4. The van der Waals surface area contributed by atoms with Crippen molar-refractivity contribution in [1.82, 2.24) is 4.98 Å². The number of nitrogens with one attached hydrogen (secondary N) is 1. The van der Waals surface area contributed by atoms with Gasteiger partial charge in [-0.05, 0) is 42.5 Å². The Hall–Kier alpha value is -2.27. The van der Waals surface area contributed by atoms with Gasteiger partial charge in [-0.25, -0.2) is 4.39 Å². The third-order valence-electron chi connectivity index (χ3n) is 3.07. The molecule has 2 aromatic carbocycles. The predicted molar refractivity (Wildman–Crippen MR) is 83.8 cm³/mol. The number of hydrogen-bond acceptors (Lipinski definition) is 2. The molecule has 0 aliphatic heterocycles. The van der Waals surface area contributed by atoms with E-state index in [2.05, 4.69) is 26.2 Å². The molecule has 5 heteroatoms. The zero-order chi connectivity index (χ0) is 14.8. The summed E-state index contributed by atoms with van der Waals surface area (Å²) in [6.45, 7) is 0. The lowest BCUT2D eigenvalue weighted by Gasteiger charge is -2.09. The first-order valence-corrected chi connectivity index (χ1v) is 7.04. The normalized spacial score (nSPS) is 10.6. The summed E-state index contributed by atoms with van der Waals surface area (Å²) in [5.74, 6) is -1.06. The fourth-order valence-electron chi connectivity index (χ4n) is 2.08. The highest BCUT2D eigenvalue weighted by Crippen LogP contribution is 2.23. The summed E-state index contributed by atoms with van der Waals surface area (Å²) in [6.07, 6.45) is 1.68. The molecule has 1 N–H and O–H groups in total. The first-order chi connectivity index (χ1) is 10.1. The number of carbonyl (C=O) groups is 1. The molecule has 0 aliphatic carbocycles. The van der Waals surface area contributed by atoms with Gasteiger partial charge in [0.2, 0.25) is 0 Å². The van der Waals surface area contributed by atoms with E-state index in [9.17, 15) is 9.18 Å². The number of benzene rings is 2. The van der Waals surface area contributed by atoms with Crippen LogP contribution in [0.15, 0.2) is 59.2 Å². The lowest BCUT2D eigenvalue weighted by atomic mass is 10.1. The molecule has 21 heavy (non-hydrogen) atoms. The molecule has 1 aromatic heterocycles. The molecule has 1 heterocycles. The van der Waals surface area contributed by atoms with Crippen LogP contribution in [-0.4, -0.2) is 10.9 Å². The largest absolute Gasteiger partial charge is 0.321 e. The van der Waals surface area contributed by atoms with E-state index in [0.29, 0.717) is 10.2 Å². The van der Waals surface area contributed by atoms with Gasteiger partial charge in [0, 0.05) is 16.1 Å². The van der Waals surface area contributed by atoms with Gasteiger partial charge in [0.25, 0.3) is 5.91 Å². The van der Waals surface area contributed by atoms with E-state index >= 15 is 0 Å². The molecule has 0 saturated carbocycles. The number of anilines is 1. The standard InChI is InChI=1S/C16H10BrFN2O/c17-10-6-7-11(13(18)9-10)16(21)20-15-5-1-4-14-12(15)3-2-8-19-14/h1-9H,(H,20,21). The van der Waals surface area contributed by atoms with Crippen LogP contribution in [0.4, 0.5) is 10.1 Å². The summed E-state index contributed by atoms with van der Waals surface area (Å²) in [5.41, 5.74) is 1.37. The summed E-state index contributed by atoms with van der Waals surface area (Å²) in [4.78, 5) is 16.4. The van der Waals surface area contributed by atoms with E-state index < -0.39 is 11.7 Å². The fourth-order valence-corrected chi connectivity index (χ4v) is 2.41. The first-order valence-electron chi connectivity index (χ1n) is 6.25. The minimum Gasteiger partial charge on any atom is -0.321 e. The third-order valence-corrected chi connectivity index (χ3v) is 3.56. The van der Waals surface area contributed by atoms with Gasteiger partial charge in [-0.3, -0.25) is 9.78 Å². The van der Waals surface area contributed by atoms with Crippen molar-refractivity contribution in [3.8, 4) is 0 Å². The zero-order valence-corrected chi connectivity index (χ0v) is 12.4. The fraction of sp³-hybridized carbons (Fsp3) is 0. The second-order valence-corrected chi connectivity index (χ2v) is 5.37. The lowest BCUT2D eigenvalue weighted by molar-refractivity contribution is 0.102. The van der Waals surface area contributed by atoms with Crippen molar-refractivity contribution in [2.75, 3.05) is 5.32 Å². The summed E-state index contributed by atoms with van der Waals surface area (Å²) >= 11 is 3.16. The number of amides is 1. The zero-order valence-electron chi connectivity index (χ0n) is 10.8. The monoisotopic (exact) mass is 344 g/mol.